The van der Waals surface area contributed by atoms with Crippen LogP contribution >= 0.6 is 0 Å². The normalized spacial score (nSPS) is 24.3. The van der Waals surface area contributed by atoms with Crippen LogP contribution in [0.1, 0.15) is 60.9 Å². The van der Waals surface area contributed by atoms with Crippen molar-refractivity contribution in [2.24, 2.45) is 0 Å². The zero-order valence-corrected chi connectivity index (χ0v) is 17.5. The van der Waals surface area contributed by atoms with Crippen molar-refractivity contribution in [3.05, 3.63) is 59.7 Å². The molecule has 2 aromatic carbocycles. The second-order valence-corrected chi connectivity index (χ2v) is 8.54. The van der Waals surface area contributed by atoms with E-state index in [4.69, 9.17) is 0 Å². The maximum absolute atomic E-state index is 12.4. The van der Waals surface area contributed by atoms with Gasteiger partial charge in [0.05, 0.1) is 0 Å². The number of carbonyl (C=O) groups is 1. The van der Waals surface area contributed by atoms with Gasteiger partial charge in [0.2, 0.25) is 0 Å². The number of hydrogen-bond donors (Lipinski definition) is 1. The number of alkyl halides is 3. The molecule has 0 bridgehead atoms. The number of carbonyl (C=O) groups excluding carboxylic acids is 1. The second-order valence-electron chi connectivity index (χ2n) is 8.54. The van der Waals surface area contributed by atoms with Gasteiger partial charge in [-0.15, -0.1) is 13.2 Å². The van der Waals surface area contributed by atoms with E-state index in [-0.39, 0.29) is 17.2 Å². The molecule has 7 heteroatoms. The third-order valence-electron chi connectivity index (χ3n) is 6.47. The van der Waals surface area contributed by atoms with Gasteiger partial charge in [0.25, 0.3) is 5.91 Å². The van der Waals surface area contributed by atoms with Gasteiger partial charge in [0.1, 0.15) is 5.75 Å². The number of benzene rings is 2. The molecule has 31 heavy (non-hydrogen) atoms. The zero-order valence-electron chi connectivity index (χ0n) is 17.5. The molecule has 1 saturated heterocycles. The fraction of sp³-hybridized carbons (Fsp3) is 0.458. The zero-order chi connectivity index (χ0) is 22.0. The highest BCUT2D eigenvalue weighted by molar-refractivity contribution is 6.04. The average Bonchev–Trinajstić information content (AvgIpc) is 3.37. The molecular formula is C24H27F3N2O2. The third kappa shape index (κ3) is 5.39. The van der Waals surface area contributed by atoms with Crippen molar-refractivity contribution in [1.82, 2.24) is 4.90 Å². The van der Waals surface area contributed by atoms with Crippen LogP contribution < -0.4 is 10.1 Å². The summed E-state index contributed by atoms with van der Waals surface area (Å²) in [7, 11) is 0. The minimum absolute atomic E-state index is 0.261. The van der Waals surface area contributed by atoms with Crippen LogP contribution in [-0.4, -0.2) is 35.8 Å². The first-order valence-corrected chi connectivity index (χ1v) is 10.8. The standard InChI is InChI=1S/C24H27F3N2O2/c1-16-3-2-14-29(16)21-11-6-19(15-21)17-4-9-20(10-5-17)28-23(30)18-7-12-22(13-8-18)31-24(25,26)27/h4-5,7-10,12-13,16,19,21H,2-3,6,11,14-15H2,1H3,(H,28,30)/t16-,19?,21?/m0/s1. The van der Waals surface area contributed by atoms with E-state index in [0.717, 1.165) is 12.1 Å². The molecule has 1 aliphatic heterocycles. The molecular weight excluding hydrogens is 405 g/mol. The maximum atomic E-state index is 12.4. The first kappa shape index (κ1) is 21.7. The Hall–Kier alpha value is -2.54. The van der Waals surface area contributed by atoms with E-state index in [1.54, 1.807) is 0 Å². The van der Waals surface area contributed by atoms with Crippen molar-refractivity contribution in [3.63, 3.8) is 0 Å². The van der Waals surface area contributed by atoms with Crippen LogP contribution in [0.4, 0.5) is 18.9 Å². The number of ether oxygens (including phenoxy) is 1. The first-order valence-electron chi connectivity index (χ1n) is 10.8. The van der Waals surface area contributed by atoms with Gasteiger partial charge in [-0.05, 0) is 93.5 Å². The van der Waals surface area contributed by atoms with Crippen LogP contribution in [0.25, 0.3) is 0 Å². The molecule has 0 radical (unpaired) electrons. The lowest BCUT2D eigenvalue weighted by Crippen LogP contribution is -2.35. The number of amides is 1. The van der Waals surface area contributed by atoms with Gasteiger partial charge in [0, 0.05) is 23.3 Å². The molecule has 0 spiro atoms. The number of hydrogen-bond acceptors (Lipinski definition) is 3. The average molecular weight is 432 g/mol. The summed E-state index contributed by atoms with van der Waals surface area (Å²) >= 11 is 0. The van der Waals surface area contributed by atoms with E-state index >= 15 is 0 Å². The van der Waals surface area contributed by atoms with Crippen LogP contribution in [0.2, 0.25) is 0 Å². The monoisotopic (exact) mass is 432 g/mol. The van der Waals surface area contributed by atoms with Crippen molar-refractivity contribution in [3.8, 4) is 5.75 Å². The van der Waals surface area contributed by atoms with Gasteiger partial charge in [-0.2, -0.15) is 0 Å². The van der Waals surface area contributed by atoms with E-state index in [9.17, 15) is 18.0 Å². The predicted octanol–water partition coefficient (Wildman–Crippen LogP) is 5.96. The fourth-order valence-electron chi connectivity index (χ4n) is 4.91. The molecule has 4 nitrogen and oxygen atoms in total. The summed E-state index contributed by atoms with van der Waals surface area (Å²) in [6.07, 6.45) is 1.45. The number of halogens is 3. The Morgan fingerprint density at radius 3 is 2.35 bits per heavy atom. The quantitative estimate of drug-likeness (QED) is 0.634. The number of nitrogens with one attached hydrogen (secondary N) is 1. The van der Waals surface area contributed by atoms with Gasteiger partial charge >= 0.3 is 6.36 Å². The summed E-state index contributed by atoms with van der Waals surface area (Å²) in [5, 5.41) is 2.79. The summed E-state index contributed by atoms with van der Waals surface area (Å²) in [6.45, 7) is 3.54. The summed E-state index contributed by atoms with van der Waals surface area (Å²) in [6, 6.07) is 14.1. The molecule has 2 aliphatic rings. The Balaban J connectivity index is 1.33. The van der Waals surface area contributed by atoms with E-state index in [2.05, 4.69) is 34.0 Å². The van der Waals surface area contributed by atoms with Crippen LogP contribution in [0.3, 0.4) is 0 Å². The summed E-state index contributed by atoms with van der Waals surface area (Å²) < 4.78 is 40.6. The van der Waals surface area contributed by atoms with Gasteiger partial charge in [-0.3, -0.25) is 9.69 Å². The van der Waals surface area contributed by atoms with Gasteiger partial charge in [-0.1, -0.05) is 12.1 Å². The van der Waals surface area contributed by atoms with Crippen LogP contribution in [0.15, 0.2) is 48.5 Å². The Bertz CT molecular complexity index is 897. The lowest BCUT2D eigenvalue weighted by atomic mass is 9.97. The molecule has 4 rings (SSSR count). The van der Waals surface area contributed by atoms with E-state index in [1.807, 2.05) is 12.1 Å². The van der Waals surface area contributed by atoms with Gasteiger partial charge in [0.15, 0.2) is 0 Å². The van der Waals surface area contributed by atoms with Gasteiger partial charge < -0.3 is 10.1 Å². The highest BCUT2D eigenvalue weighted by atomic mass is 19.4. The molecule has 1 amide bonds. The Kier molecular flexibility index (Phi) is 6.23. The van der Waals surface area contributed by atoms with Crippen molar-refractivity contribution < 1.29 is 22.7 Å². The second kappa shape index (κ2) is 8.91. The number of likely N-dealkylation sites (tertiary alicyclic amines) is 1. The molecule has 166 valence electrons. The van der Waals surface area contributed by atoms with Gasteiger partial charge in [-0.25, -0.2) is 0 Å². The highest BCUT2D eigenvalue weighted by Crippen LogP contribution is 2.39. The summed E-state index contributed by atoms with van der Waals surface area (Å²) in [5.41, 5.74) is 2.21. The van der Waals surface area contributed by atoms with Crippen molar-refractivity contribution >= 4 is 11.6 Å². The van der Waals surface area contributed by atoms with Crippen molar-refractivity contribution in [1.29, 1.82) is 0 Å². The van der Waals surface area contributed by atoms with Crippen LogP contribution in [0, 0.1) is 0 Å². The van der Waals surface area contributed by atoms with Crippen LogP contribution in [0.5, 0.6) is 5.75 Å². The van der Waals surface area contributed by atoms with Crippen molar-refractivity contribution in [2.45, 2.75) is 63.4 Å². The highest BCUT2D eigenvalue weighted by Gasteiger charge is 2.34. The molecule has 1 saturated carbocycles. The van der Waals surface area contributed by atoms with Crippen molar-refractivity contribution in [2.75, 3.05) is 11.9 Å². The van der Waals surface area contributed by atoms with Crippen LogP contribution in [-0.2, 0) is 0 Å². The van der Waals surface area contributed by atoms with E-state index < -0.39 is 6.36 Å². The minimum atomic E-state index is -4.75. The van der Waals surface area contributed by atoms with E-state index in [0.29, 0.717) is 23.7 Å². The molecule has 1 aliphatic carbocycles. The minimum Gasteiger partial charge on any atom is -0.406 e. The molecule has 0 aromatic heterocycles. The molecule has 2 fully saturated rings. The Morgan fingerprint density at radius 2 is 1.74 bits per heavy atom. The SMILES string of the molecule is C[C@H]1CCCN1C1CCC(c2ccc(NC(=O)c3ccc(OC(F)(F)F)cc3)cc2)C1. The first-order chi connectivity index (χ1) is 14.8. The number of anilines is 1. The molecule has 2 unspecified atom stereocenters. The predicted molar refractivity (Wildman–Crippen MR) is 113 cm³/mol. The summed E-state index contributed by atoms with van der Waals surface area (Å²) in [4.78, 5) is 15.1. The topological polar surface area (TPSA) is 41.6 Å². The number of rotatable bonds is 5. The Labute approximate surface area is 180 Å². The smallest absolute Gasteiger partial charge is 0.406 e. The summed E-state index contributed by atoms with van der Waals surface area (Å²) in [5.74, 6) is -0.189. The van der Waals surface area contributed by atoms with E-state index in [1.165, 1.54) is 56.3 Å². The lowest BCUT2D eigenvalue weighted by molar-refractivity contribution is -0.274. The molecule has 3 atom stereocenters. The molecule has 1 heterocycles. The molecule has 1 N–H and O–H groups in total. The largest absolute Gasteiger partial charge is 0.573 e. The molecule has 2 aromatic rings. The number of nitrogens with zero attached hydrogens (tertiary/aromatic N) is 1. The maximum Gasteiger partial charge on any atom is 0.573 e. The Morgan fingerprint density at radius 1 is 1.03 bits per heavy atom. The lowest BCUT2D eigenvalue weighted by Gasteiger charge is -2.28. The third-order valence-corrected chi connectivity index (χ3v) is 6.47. The fourth-order valence-corrected chi connectivity index (χ4v) is 4.91.